The first-order valence-corrected chi connectivity index (χ1v) is 9.28. The van der Waals surface area contributed by atoms with Crippen molar-refractivity contribution in [3.63, 3.8) is 0 Å². The highest BCUT2D eigenvalue weighted by molar-refractivity contribution is 7.15. The summed E-state index contributed by atoms with van der Waals surface area (Å²) in [5.41, 5.74) is 3.32. The predicted molar refractivity (Wildman–Crippen MR) is 103 cm³/mol. The van der Waals surface area contributed by atoms with Crippen molar-refractivity contribution in [3.8, 4) is 11.1 Å². The number of halogens is 1. The molecule has 4 rings (SSSR count). The minimum Gasteiger partial charge on any atom is -0.477 e. The lowest BCUT2D eigenvalue weighted by Gasteiger charge is -2.24. The van der Waals surface area contributed by atoms with Crippen LogP contribution < -0.4 is 5.32 Å². The number of fused-ring (bicyclic) bond motifs is 1. The zero-order valence-corrected chi connectivity index (χ0v) is 15.3. The van der Waals surface area contributed by atoms with Gasteiger partial charge in [-0.3, -0.25) is 4.79 Å². The fourth-order valence-electron chi connectivity index (χ4n) is 3.51. The minimum absolute atomic E-state index is 0.102. The van der Waals surface area contributed by atoms with E-state index in [0.717, 1.165) is 27.3 Å². The minimum atomic E-state index is -1.09. The molecule has 1 aliphatic heterocycles. The largest absolute Gasteiger partial charge is 0.477 e. The van der Waals surface area contributed by atoms with Crippen molar-refractivity contribution >= 4 is 28.9 Å². The van der Waals surface area contributed by atoms with Crippen LogP contribution in [-0.4, -0.2) is 17.0 Å². The van der Waals surface area contributed by atoms with Gasteiger partial charge in [0.1, 0.15) is 10.7 Å². The number of thiophene rings is 1. The molecule has 3 aromatic rings. The molecule has 2 aromatic carbocycles. The molecular weight excluding hydrogens is 365 g/mol. The summed E-state index contributed by atoms with van der Waals surface area (Å²) in [5, 5.41) is 12.5. The summed E-state index contributed by atoms with van der Waals surface area (Å²) in [5.74, 6) is -1.95. The van der Waals surface area contributed by atoms with Gasteiger partial charge in [0, 0.05) is 22.8 Å². The maximum absolute atomic E-state index is 13.8. The van der Waals surface area contributed by atoms with Gasteiger partial charge in [-0.2, -0.15) is 0 Å². The molecule has 27 heavy (non-hydrogen) atoms. The number of benzene rings is 2. The van der Waals surface area contributed by atoms with Gasteiger partial charge in [0.15, 0.2) is 0 Å². The molecule has 6 heteroatoms. The van der Waals surface area contributed by atoms with Gasteiger partial charge >= 0.3 is 5.97 Å². The number of hydrogen-bond donors (Lipinski definition) is 2. The van der Waals surface area contributed by atoms with Crippen molar-refractivity contribution in [1.29, 1.82) is 0 Å². The van der Waals surface area contributed by atoms with Gasteiger partial charge in [-0.25, -0.2) is 9.18 Å². The van der Waals surface area contributed by atoms with Crippen LogP contribution >= 0.6 is 11.3 Å². The van der Waals surface area contributed by atoms with Crippen LogP contribution in [-0.2, 0) is 4.79 Å². The molecule has 0 fully saturated rings. The Labute approximate surface area is 159 Å². The molecule has 0 saturated heterocycles. The van der Waals surface area contributed by atoms with Crippen molar-refractivity contribution in [1.82, 2.24) is 0 Å². The summed E-state index contributed by atoms with van der Waals surface area (Å²) in [6, 6.07) is 13.6. The number of rotatable bonds is 3. The Kier molecular flexibility index (Phi) is 4.28. The van der Waals surface area contributed by atoms with Crippen molar-refractivity contribution in [3.05, 3.63) is 75.2 Å². The lowest BCUT2D eigenvalue weighted by molar-refractivity contribution is -0.116. The van der Waals surface area contributed by atoms with Crippen molar-refractivity contribution in [2.45, 2.75) is 19.3 Å². The molecule has 0 radical (unpaired) electrons. The Morgan fingerprint density at radius 1 is 1.22 bits per heavy atom. The molecule has 0 aliphatic carbocycles. The first-order chi connectivity index (χ1) is 12.9. The second kappa shape index (κ2) is 6.63. The number of aryl methyl sites for hydroxylation is 1. The maximum atomic E-state index is 13.8. The third kappa shape index (κ3) is 3.13. The first kappa shape index (κ1) is 17.4. The number of anilines is 1. The van der Waals surface area contributed by atoms with Crippen LogP contribution in [0, 0.1) is 12.7 Å². The fourth-order valence-corrected chi connectivity index (χ4v) is 4.76. The summed E-state index contributed by atoms with van der Waals surface area (Å²) in [6.45, 7) is 1.97. The van der Waals surface area contributed by atoms with E-state index in [1.54, 1.807) is 6.07 Å². The Morgan fingerprint density at radius 2 is 2.00 bits per heavy atom. The van der Waals surface area contributed by atoms with Crippen LogP contribution in [0.2, 0.25) is 0 Å². The lowest BCUT2D eigenvalue weighted by atomic mass is 9.88. The van der Waals surface area contributed by atoms with Crippen LogP contribution in [0.3, 0.4) is 0 Å². The highest BCUT2D eigenvalue weighted by Crippen LogP contribution is 2.49. The van der Waals surface area contributed by atoms with Crippen LogP contribution in [0.25, 0.3) is 11.1 Å². The summed E-state index contributed by atoms with van der Waals surface area (Å²) in [6.07, 6.45) is 0.249. The predicted octanol–water partition coefficient (Wildman–Crippen LogP) is 5.03. The highest BCUT2D eigenvalue weighted by Gasteiger charge is 2.34. The molecule has 0 saturated carbocycles. The third-order valence-electron chi connectivity index (χ3n) is 4.66. The summed E-state index contributed by atoms with van der Waals surface area (Å²) < 4.78 is 13.8. The molecule has 2 heterocycles. The maximum Gasteiger partial charge on any atom is 0.346 e. The standard InChI is InChI=1S/C21H16FNO3S/c1-11-4-2-5-12(8-11)15-10-16(24)23-18-17(13-6-3-7-14(22)9-13)20(21(25)26)27-19(15)18/h2-9,15H,10H2,1H3,(H,23,24)(H,25,26)/t15-/m0/s1. The van der Waals surface area contributed by atoms with Crippen molar-refractivity contribution in [2.75, 3.05) is 5.32 Å². The molecule has 1 aromatic heterocycles. The SMILES string of the molecule is Cc1cccc([C@@H]2CC(=O)Nc3c2sc(C(=O)O)c3-c2cccc(F)c2)c1. The monoisotopic (exact) mass is 381 g/mol. The fraction of sp³-hybridized carbons (Fsp3) is 0.143. The molecule has 136 valence electrons. The van der Waals surface area contributed by atoms with E-state index in [9.17, 15) is 19.1 Å². The van der Waals surface area contributed by atoms with Gasteiger partial charge in [-0.05, 0) is 30.2 Å². The molecular formula is C21H16FNO3S. The first-order valence-electron chi connectivity index (χ1n) is 8.46. The normalized spacial score (nSPS) is 15.9. The molecule has 0 spiro atoms. The summed E-state index contributed by atoms with van der Waals surface area (Å²) in [7, 11) is 0. The van der Waals surface area contributed by atoms with Crippen LogP contribution in [0.1, 0.15) is 38.0 Å². The summed E-state index contributed by atoms with van der Waals surface area (Å²) in [4.78, 5) is 25.2. The number of nitrogens with one attached hydrogen (secondary N) is 1. The smallest absolute Gasteiger partial charge is 0.346 e. The van der Waals surface area contributed by atoms with E-state index in [2.05, 4.69) is 5.32 Å². The van der Waals surface area contributed by atoms with E-state index >= 15 is 0 Å². The zero-order valence-electron chi connectivity index (χ0n) is 14.5. The van der Waals surface area contributed by atoms with E-state index in [0.29, 0.717) is 16.8 Å². The second-order valence-electron chi connectivity index (χ2n) is 6.58. The van der Waals surface area contributed by atoms with E-state index in [1.165, 1.54) is 18.2 Å². The van der Waals surface area contributed by atoms with Crippen LogP contribution in [0.5, 0.6) is 0 Å². The molecule has 1 aliphatic rings. The van der Waals surface area contributed by atoms with Gasteiger partial charge in [0.2, 0.25) is 5.91 Å². The van der Waals surface area contributed by atoms with Gasteiger partial charge in [0.05, 0.1) is 5.69 Å². The molecule has 2 N–H and O–H groups in total. The van der Waals surface area contributed by atoms with E-state index in [-0.39, 0.29) is 23.1 Å². The van der Waals surface area contributed by atoms with E-state index < -0.39 is 11.8 Å². The van der Waals surface area contributed by atoms with Crippen LogP contribution in [0.4, 0.5) is 10.1 Å². The molecule has 1 atom stereocenters. The number of amides is 1. The van der Waals surface area contributed by atoms with Gasteiger partial charge < -0.3 is 10.4 Å². The quantitative estimate of drug-likeness (QED) is 0.668. The van der Waals surface area contributed by atoms with Crippen molar-refractivity contribution in [2.24, 2.45) is 0 Å². The van der Waals surface area contributed by atoms with Crippen molar-refractivity contribution < 1.29 is 19.1 Å². The average Bonchev–Trinajstić information content (AvgIpc) is 3.00. The molecule has 4 nitrogen and oxygen atoms in total. The van der Waals surface area contributed by atoms with E-state index in [1.807, 2.05) is 31.2 Å². The average molecular weight is 381 g/mol. The molecule has 1 amide bonds. The second-order valence-corrected chi connectivity index (χ2v) is 7.63. The van der Waals surface area contributed by atoms with Crippen LogP contribution in [0.15, 0.2) is 48.5 Å². The number of aromatic carboxylic acids is 1. The molecule has 0 unspecified atom stereocenters. The molecule has 0 bridgehead atoms. The van der Waals surface area contributed by atoms with Gasteiger partial charge in [-0.1, -0.05) is 42.0 Å². The number of hydrogen-bond acceptors (Lipinski definition) is 3. The Balaban J connectivity index is 1.95. The number of carboxylic acids is 1. The van der Waals surface area contributed by atoms with Gasteiger partial charge in [0.25, 0.3) is 0 Å². The number of carbonyl (C=O) groups is 2. The Morgan fingerprint density at radius 3 is 2.70 bits per heavy atom. The lowest BCUT2D eigenvalue weighted by Crippen LogP contribution is -2.22. The Hall–Kier alpha value is -2.99. The number of carbonyl (C=O) groups excluding carboxylic acids is 1. The Bertz CT molecular complexity index is 1070. The zero-order chi connectivity index (χ0) is 19.1. The number of carboxylic acid groups (broad SMARTS) is 1. The third-order valence-corrected chi connectivity index (χ3v) is 5.95. The topological polar surface area (TPSA) is 66.4 Å². The highest BCUT2D eigenvalue weighted by atomic mass is 32.1. The van der Waals surface area contributed by atoms with Gasteiger partial charge in [-0.15, -0.1) is 11.3 Å². The van der Waals surface area contributed by atoms with E-state index in [4.69, 9.17) is 0 Å². The summed E-state index contributed by atoms with van der Waals surface area (Å²) >= 11 is 1.14.